The lowest BCUT2D eigenvalue weighted by Gasteiger charge is -2.18. The zero-order valence-electron chi connectivity index (χ0n) is 10.5. The Bertz CT molecular complexity index is 579. The second-order valence-electron chi connectivity index (χ2n) is 4.00. The molecule has 0 heterocycles. The second kappa shape index (κ2) is 6.16. The van der Waals surface area contributed by atoms with Gasteiger partial charge in [0.05, 0.1) is 0 Å². The number of Topliss-reactive ketones (excluding diaryl/α,β-unsaturated/α-hetero) is 2. The molecule has 1 amide bonds. The van der Waals surface area contributed by atoms with Crippen molar-refractivity contribution in [2.75, 3.05) is 0 Å². The van der Waals surface area contributed by atoms with Crippen LogP contribution in [0.25, 0.3) is 0 Å². The van der Waals surface area contributed by atoms with E-state index in [1.807, 2.05) is 0 Å². The average molecular weight is 327 g/mol. The maximum Gasteiger partial charge on any atom is 0.471 e. The van der Waals surface area contributed by atoms with E-state index in [1.54, 1.807) is 0 Å². The number of nitrogens with one attached hydrogen (secondary N) is 1. The Morgan fingerprint density at radius 3 is 1.77 bits per heavy atom. The van der Waals surface area contributed by atoms with Gasteiger partial charge in [0.25, 0.3) is 5.78 Å². The van der Waals surface area contributed by atoms with Crippen molar-refractivity contribution >= 4 is 17.5 Å². The van der Waals surface area contributed by atoms with Gasteiger partial charge >= 0.3 is 18.3 Å². The molecule has 1 rings (SSSR count). The number of carbonyl (C=O) groups excluding carboxylic acids is 3. The molecule has 10 heteroatoms. The molecule has 0 aliphatic heterocycles. The van der Waals surface area contributed by atoms with Gasteiger partial charge < -0.3 is 5.32 Å². The van der Waals surface area contributed by atoms with Crippen molar-refractivity contribution in [1.82, 2.24) is 5.32 Å². The van der Waals surface area contributed by atoms with Gasteiger partial charge in [-0.25, -0.2) is 0 Å². The molecular weight excluding hydrogens is 320 g/mol. The monoisotopic (exact) mass is 327 g/mol. The van der Waals surface area contributed by atoms with E-state index >= 15 is 0 Å². The molecule has 1 N–H and O–H groups in total. The van der Waals surface area contributed by atoms with Crippen LogP contribution in [0.15, 0.2) is 30.3 Å². The fraction of sp³-hybridized carbons (Fsp3) is 0.250. The van der Waals surface area contributed by atoms with Crippen molar-refractivity contribution in [2.24, 2.45) is 0 Å². The third-order valence-corrected chi connectivity index (χ3v) is 2.39. The number of hydrogen-bond donors (Lipinski definition) is 1. The number of carbonyl (C=O) groups is 3. The van der Waals surface area contributed by atoms with Gasteiger partial charge in [-0.3, -0.25) is 14.4 Å². The van der Waals surface area contributed by atoms with Crippen LogP contribution in [0.3, 0.4) is 0 Å². The summed E-state index contributed by atoms with van der Waals surface area (Å²) < 4.78 is 73.5. The number of halogens is 6. The first-order valence-electron chi connectivity index (χ1n) is 5.52. The van der Waals surface area contributed by atoms with Crippen molar-refractivity contribution in [2.45, 2.75) is 18.4 Å². The Morgan fingerprint density at radius 1 is 0.864 bits per heavy atom. The lowest BCUT2D eigenvalue weighted by Crippen LogP contribution is -2.54. The largest absolute Gasteiger partial charge is 0.471 e. The second-order valence-corrected chi connectivity index (χ2v) is 4.00. The summed E-state index contributed by atoms with van der Waals surface area (Å²) >= 11 is 0. The van der Waals surface area contributed by atoms with Crippen LogP contribution in [0.1, 0.15) is 10.4 Å². The molecule has 0 saturated carbocycles. The Morgan fingerprint density at radius 2 is 1.36 bits per heavy atom. The van der Waals surface area contributed by atoms with Crippen LogP contribution in [0.5, 0.6) is 0 Å². The van der Waals surface area contributed by atoms with E-state index in [9.17, 15) is 40.7 Å². The van der Waals surface area contributed by atoms with E-state index in [0.29, 0.717) is 0 Å². The summed E-state index contributed by atoms with van der Waals surface area (Å²) in [5, 5.41) is 0.779. The molecule has 120 valence electrons. The summed E-state index contributed by atoms with van der Waals surface area (Å²) in [6, 6.07) is 2.85. The molecule has 1 aromatic carbocycles. The lowest BCUT2D eigenvalue weighted by molar-refractivity contribution is -0.179. The normalized spacial score (nSPS) is 13.4. The van der Waals surface area contributed by atoms with Crippen molar-refractivity contribution in [3.8, 4) is 0 Å². The molecule has 0 bridgehead atoms. The SMILES string of the molecule is O=C(c1ccccc1)C(NC(=O)C(F)(F)F)C(=O)C(F)(F)F. The summed E-state index contributed by atoms with van der Waals surface area (Å²) in [5.74, 6) is -7.21. The number of rotatable bonds is 4. The predicted octanol–water partition coefficient (Wildman–Crippen LogP) is 2.05. The molecule has 1 unspecified atom stereocenters. The number of benzene rings is 1. The van der Waals surface area contributed by atoms with Crippen molar-refractivity contribution in [3.05, 3.63) is 35.9 Å². The van der Waals surface area contributed by atoms with Crippen molar-refractivity contribution < 1.29 is 40.7 Å². The Labute approximate surface area is 119 Å². The number of alkyl halides is 6. The number of hydrogen-bond acceptors (Lipinski definition) is 3. The van der Waals surface area contributed by atoms with Gasteiger partial charge in [0.2, 0.25) is 0 Å². The molecule has 0 fully saturated rings. The van der Waals surface area contributed by atoms with Crippen molar-refractivity contribution in [3.63, 3.8) is 0 Å². The minimum atomic E-state index is -5.59. The maximum atomic E-state index is 12.4. The molecule has 1 atom stereocenters. The number of amides is 1. The Balaban J connectivity index is 3.15. The highest BCUT2D eigenvalue weighted by Gasteiger charge is 2.50. The molecule has 22 heavy (non-hydrogen) atoms. The van der Waals surface area contributed by atoms with Crippen LogP contribution in [0.2, 0.25) is 0 Å². The standard InChI is InChI=1S/C12H7F6NO3/c13-11(14,15)9(21)7(19-10(22)12(16,17)18)8(20)6-4-2-1-3-5-6/h1-5,7H,(H,19,22). The summed E-state index contributed by atoms with van der Waals surface area (Å²) in [6.45, 7) is 0. The molecule has 0 aliphatic carbocycles. The highest BCUT2D eigenvalue weighted by atomic mass is 19.4. The fourth-order valence-electron chi connectivity index (χ4n) is 1.40. The average Bonchev–Trinajstić information content (AvgIpc) is 2.42. The number of ketones is 2. The van der Waals surface area contributed by atoms with Gasteiger partial charge in [0.1, 0.15) is 0 Å². The molecule has 4 nitrogen and oxygen atoms in total. The first-order chi connectivity index (χ1) is 9.94. The van der Waals surface area contributed by atoms with Crippen LogP contribution in [-0.2, 0) is 9.59 Å². The van der Waals surface area contributed by atoms with Crippen LogP contribution in [0, 0.1) is 0 Å². The lowest BCUT2D eigenvalue weighted by atomic mass is 10.0. The molecule has 0 aliphatic rings. The molecule has 0 aromatic heterocycles. The van der Waals surface area contributed by atoms with E-state index < -0.39 is 41.4 Å². The van der Waals surface area contributed by atoms with E-state index in [4.69, 9.17) is 0 Å². The van der Waals surface area contributed by atoms with E-state index in [0.717, 1.165) is 17.4 Å². The zero-order valence-corrected chi connectivity index (χ0v) is 10.5. The summed E-state index contributed by atoms with van der Waals surface area (Å²) in [4.78, 5) is 33.6. The van der Waals surface area contributed by atoms with Crippen LogP contribution in [0.4, 0.5) is 26.3 Å². The predicted molar refractivity (Wildman–Crippen MR) is 59.8 cm³/mol. The summed E-state index contributed by atoms with van der Waals surface area (Å²) in [5.41, 5.74) is -0.451. The molecule has 0 spiro atoms. The Kier molecular flexibility index (Phi) is 4.94. The minimum absolute atomic E-state index is 0.451. The van der Waals surface area contributed by atoms with Gasteiger partial charge in [0.15, 0.2) is 11.8 Å². The van der Waals surface area contributed by atoms with Gasteiger partial charge in [-0.05, 0) is 0 Å². The van der Waals surface area contributed by atoms with Gasteiger partial charge in [0, 0.05) is 5.56 Å². The Hall–Kier alpha value is -2.39. The third kappa shape index (κ3) is 4.30. The van der Waals surface area contributed by atoms with Gasteiger partial charge in [-0.15, -0.1) is 0 Å². The first-order valence-corrected chi connectivity index (χ1v) is 5.52. The molecular formula is C12H7F6NO3. The van der Waals surface area contributed by atoms with E-state index in [2.05, 4.69) is 0 Å². The quantitative estimate of drug-likeness (QED) is 0.523. The molecule has 0 radical (unpaired) electrons. The summed E-state index contributed by atoms with van der Waals surface area (Å²) in [7, 11) is 0. The minimum Gasteiger partial charge on any atom is -0.331 e. The molecule has 1 aromatic rings. The topological polar surface area (TPSA) is 63.2 Å². The van der Waals surface area contributed by atoms with Crippen molar-refractivity contribution in [1.29, 1.82) is 0 Å². The van der Waals surface area contributed by atoms with Crippen LogP contribution < -0.4 is 5.32 Å². The smallest absolute Gasteiger partial charge is 0.331 e. The highest BCUT2D eigenvalue weighted by Crippen LogP contribution is 2.21. The van der Waals surface area contributed by atoms with E-state index in [1.165, 1.54) is 18.2 Å². The van der Waals surface area contributed by atoms with Crippen LogP contribution >= 0.6 is 0 Å². The first kappa shape index (κ1) is 17.7. The van der Waals surface area contributed by atoms with Gasteiger partial charge in [-0.2, -0.15) is 26.3 Å². The van der Waals surface area contributed by atoms with Gasteiger partial charge in [-0.1, -0.05) is 30.3 Å². The molecule has 0 saturated heterocycles. The maximum absolute atomic E-state index is 12.4. The van der Waals surface area contributed by atoms with E-state index in [-0.39, 0.29) is 0 Å². The fourth-order valence-corrected chi connectivity index (χ4v) is 1.40. The third-order valence-electron chi connectivity index (χ3n) is 2.39. The van der Waals surface area contributed by atoms with Crippen LogP contribution in [-0.4, -0.2) is 35.9 Å². The summed E-state index contributed by atoms with van der Waals surface area (Å²) in [6.07, 6.45) is -11.1. The highest BCUT2D eigenvalue weighted by molar-refractivity contribution is 6.17. The zero-order chi connectivity index (χ0) is 17.1.